The maximum absolute atomic E-state index is 14.3. The Labute approximate surface area is 154 Å². The van der Waals surface area contributed by atoms with Gasteiger partial charge in [0.15, 0.2) is 0 Å². The molecule has 2 aliphatic carbocycles. The van der Waals surface area contributed by atoms with Crippen LogP contribution in [0.4, 0.5) is 4.39 Å². The van der Waals surface area contributed by atoms with Crippen molar-refractivity contribution in [3.05, 3.63) is 47.3 Å². The van der Waals surface area contributed by atoms with Crippen molar-refractivity contribution in [2.24, 2.45) is 17.8 Å². The first-order valence-electron chi connectivity index (χ1n) is 9.86. The van der Waals surface area contributed by atoms with Crippen molar-refractivity contribution >= 4 is 16.7 Å². The van der Waals surface area contributed by atoms with Crippen LogP contribution in [0.25, 0.3) is 10.8 Å². The summed E-state index contributed by atoms with van der Waals surface area (Å²) in [6.45, 7) is 2.39. The zero-order chi connectivity index (χ0) is 18.3. The summed E-state index contributed by atoms with van der Waals surface area (Å²) in [7, 11) is 1.28. The summed E-state index contributed by atoms with van der Waals surface area (Å²) >= 11 is 0. The lowest BCUT2D eigenvalue weighted by Gasteiger charge is -2.41. The molecule has 2 aromatic carbocycles. The summed E-state index contributed by atoms with van der Waals surface area (Å²) < 4.78 is 19.0. The van der Waals surface area contributed by atoms with Gasteiger partial charge in [-0.3, -0.25) is 0 Å². The molecule has 2 fully saturated rings. The SMILES string of the molecule is COC(=O)c1cc2ccc(C3CC[C@H]4CC(C)CC[C@@H]4C3)cc2cc1F. The van der Waals surface area contributed by atoms with E-state index in [-0.39, 0.29) is 5.56 Å². The number of hydrogen-bond donors (Lipinski definition) is 0. The third-order valence-electron chi connectivity index (χ3n) is 6.70. The van der Waals surface area contributed by atoms with Crippen molar-refractivity contribution in [3.63, 3.8) is 0 Å². The van der Waals surface area contributed by atoms with Gasteiger partial charge in [0.25, 0.3) is 0 Å². The predicted molar refractivity (Wildman–Crippen MR) is 102 cm³/mol. The van der Waals surface area contributed by atoms with Gasteiger partial charge in [-0.2, -0.15) is 0 Å². The van der Waals surface area contributed by atoms with E-state index in [0.29, 0.717) is 5.92 Å². The molecule has 0 aromatic heterocycles. The molecule has 26 heavy (non-hydrogen) atoms. The zero-order valence-electron chi connectivity index (χ0n) is 15.6. The van der Waals surface area contributed by atoms with Crippen molar-refractivity contribution in [2.75, 3.05) is 7.11 Å². The molecule has 2 unspecified atom stereocenters. The summed E-state index contributed by atoms with van der Waals surface area (Å²) in [5.41, 5.74) is 1.32. The van der Waals surface area contributed by atoms with Gasteiger partial charge in [-0.25, -0.2) is 9.18 Å². The summed E-state index contributed by atoms with van der Waals surface area (Å²) in [5, 5.41) is 1.75. The Morgan fingerprint density at radius 3 is 2.58 bits per heavy atom. The van der Waals surface area contributed by atoms with Gasteiger partial charge in [-0.1, -0.05) is 31.5 Å². The Morgan fingerprint density at radius 1 is 1.00 bits per heavy atom. The standard InChI is InChI=1S/C23H27FO2/c1-14-3-4-16-10-17(6-5-15(16)9-14)18-7-8-19-12-21(23(25)26-2)22(24)13-20(19)11-18/h7-8,11-17H,3-6,9-10H2,1-2H3/t14?,15-,16+,17?/m0/s1. The monoisotopic (exact) mass is 354 g/mol. The van der Waals surface area contributed by atoms with Crippen LogP contribution >= 0.6 is 0 Å². The minimum atomic E-state index is -0.627. The molecule has 0 bridgehead atoms. The van der Waals surface area contributed by atoms with Crippen LogP contribution in [-0.2, 0) is 4.74 Å². The van der Waals surface area contributed by atoms with Crippen LogP contribution in [0, 0.1) is 23.6 Å². The molecule has 2 aliphatic rings. The molecule has 2 saturated carbocycles. The normalized spacial score (nSPS) is 28.6. The highest BCUT2D eigenvalue weighted by Crippen LogP contribution is 2.47. The summed E-state index contributed by atoms with van der Waals surface area (Å²) in [5.74, 6) is 2.11. The number of carbonyl (C=O) groups is 1. The lowest BCUT2D eigenvalue weighted by atomic mass is 9.64. The fourth-order valence-corrected chi connectivity index (χ4v) is 5.24. The molecule has 0 spiro atoms. The van der Waals surface area contributed by atoms with E-state index < -0.39 is 11.8 Å². The average Bonchev–Trinajstić information content (AvgIpc) is 2.66. The molecule has 3 heteroatoms. The first-order chi connectivity index (χ1) is 12.5. The number of benzene rings is 2. The second kappa shape index (κ2) is 7.02. The number of ether oxygens (including phenoxy) is 1. The maximum atomic E-state index is 14.3. The predicted octanol–water partition coefficient (Wildman–Crippen LogP) is 6.09. The Kier molecular flexibility index (Phi) is 4.73. The second-order valence-electron chi connectivity index (χ2n) is 8.38. The highest BCUT2D eigenvalue weighted by atomic mass is 19.1. The Bertz CT molecular complexity index is 828. The lowest BCUT2D eigenvalue weighted by Crippen LogP contribution is -2.29. The molecule has 138 valence electrons. The molecule has 2 nitrogen and oxygen atoms in total. The third-order valence-corrected chi connectivity index (χ3v) is 6.70. The Hall–Kier alpha value is -1.90. The van der Waals surface area contributed by atoms with E-state index in [1.165, 1.54) is 57.3 Å². The zero-order valence-corrected chi connectivity index (χ0v) is 15.6. The van der Waals surface area contributed by atoms with Crippen molar-refractivity contribution in [1.82, 2.24) is 0 Å². The van der Waals surface area contributed by atoms with Gasteiger partial charge in [0.1, 0.15) is 5.82 Å². The van der Waals surface area contributed by atoms with E-state index in [1.54, 1.807) is 6.07 Å². The molecule has 0 radical (unpaired) electrons. The van der Waals surface area contributed by atoms with Crippen molar-refractivity contribution in [1.29, 1.82) is 0 Å². The highest BCUT2D eigenvalue weighted by molar-refractivity contribution is 5.95. The molecule has 0 amide bonds. The smallest absolute Gasteiger partial charge is 0.340 e. The average molecular weight is 354 g/mol. The molecule has 0 heterocycles. The quantitative estimate of drug-likeness (QED) is 0.610. The van der Waals surface area contributed by atoms with Crippen LogP contribution in [0.2, 0.25) is 0 Å². The Morgan fingerprint density at radius 2 is 1.77 bits per heavy atom. The van der Waals surface area contributed by atoms with Gasteiger partial charge >= 0.3 is 5.97 Å². The minimum absolute atomic E-state index is 0.00424. The molecule has 0 saturated heterocycles. The summed E-state index contributed by atoms with van der Waals surface area (Å²) in [6.07, 6.45) is 7.97. The maximum Gasteiger partial charge on any atom is 0.340 e. The Balaban J connectivity index is 1.59. The van der Waals surface area contributed by atoms with E-state index >= 15 is 0 Å². The van der Waals surface area contributed by atoms with Crippen LogP contribution in [0.15, 0.2) is 30.3 Å². The number of halogens is 1. The van der Waals surface area contributed by atoms with Crippen molar-refractivity contribution in [3.8, 4) is 0 Å². The molecular formula is C23H27FO2. The number of rotatable bonds is 2. The van der Waals surface area contributed by atoms with Gasteiger partial charge in [0.2, 0.25) is 0 Å². The van der Waals surface area contributed by atoms with Crippen LogP contribution < -0.4 is 0 Å². The number of esters is 1. The number of carbonyl (C=O) groups excluding carboxylic acids is 1. The molecular weight excluding hydrogens is 327 g/mol. The van der Waals surface area contributed by atoms with Gasteiger partial charge in [0.05, 0.1) is 12.7 Å². The summed E-state index contributed by atoms with van der Waals surface area (Å²) in [4.78, 5) is 11.7. The van der Waals surface area contributed by atoms with E-state index in [2.05, 4.69) is 23.8 Å². The first kappa shape index (κ1) is 17.5. The summed E-state index contributed by atoms with van der Waals surface area (Å²) in [6, 6.07) is 9.37. The van der Waals surface area contributed by atoms with E-state index in [0.717, 1.165) is 28.5 Å². The van der Waals surface area contributed by atoms with E-state index in [1.807, 2.05) is 6.07 Å². The first-order valence-corrected chi connectivity index (χ1v) is 9.86. The topological polar surface area (TPSA) is 26.3 Å². The number of hydrogen-bond acceptors (Lipinski definition) is 2. The van der Waals surface area contributed by atoms with Crippen LogP contribution in [-0.4, -0.2) is 13.1 Å². The van der Waals surface area contributed by atoms with Gasteiger partial charge in [-0.15, -0.1) is 0 Å². The molecule has 4 atom stereocenters. The van der Waals surface area contributed by atoms with Crippen LogP contribution in [0.3, 0.4) is 0 Å². The fraction of sp³-hybridized carbons (Fsp3) is 0.522. The molecule has 0 N–H and O–H groups in total. The molecule has 0 aliphatic heterocycles. The second-order valence-corrected chi connectivity index (χ2v) is 8.38. The molecule has 4 rings (SSSR count). The fourth-order valence-electron chi connectivity index (χ4n) is 5.24. The van der Waals surface area contributed by atoms with Crippen molar-refractivity contribution < 1.29 is 13.9 Å². The van der Waals surface area contributed by atoms with Gasteiger partial charge in [0, 0.05) is 0 Å². The van der Waals surface area contributed by atoms with Crippen molar-refractivity contribution in [2.45, 2.75) is 51.4 Å². The largest absolute Gasteiger partial charge is 0.465 e. The van der Waals surface area contributed by atoms with Gasteiger partial charge in [-0.05, 0) is 84.2 Å². The van der Waals surface area contributed by atoms with Crippen LogP contribution in [0.5, 0.6) is 0 Å². The number of methoxy groups -OCH3 is 1. The number of fused-ring (bicyclic) bond motifs is 2. The lowest BCUT2D eigenvalue weighted by molar-refractivity contribution is 0.0595. The third kappa shape index (κ3) is 3.24. The highest BCUT2D eigenvalue weighted by Gasteiger charge is 2.34. The molecule has 2 aromatic rings. The van der Waals surface area contributed by atoms with E-state index in [4.69, 9.17) is 0 Å². The van der Waals surface area contributed by atoms with Crippen LogP contribution in [0.1, 0.15) is 67.3 Å². The van der Waals surface area contributed by atoms with Gasteiger partial charge < -0.3 is 4.74 Å². The minimum Gasteiger partial charge on any atom is -0.465 e. The van der Waals surface area contributed by atoms with E-state index in [9.17, 15) is 9.18 Å².